The van der Waals surface area contributed by atoms with Gasteiger partial charge in [-0.05, 0) is 43.9 Å². The molecule has 3 unspecified atom stereocenters. The molecular weight excluding hydrogens is 256 g/mol. The molecule has 3 atom stereocenters. The molecule has 5 nitrogen and oxygen atoms in total. The van der Waals surface area contributed by atoms with E-state index in [4.69, 9.17) is 0 Å². The molecule has 0 aromatic rings. The minimum absolute atomic E-state index is 0.165. The summed E-state index contributed by atoms with van der Waals surface area (Å²) < 4.78 is 0. The summed E-state index contributed by atoms with van der Waals surface area (Å²) in [6.45, 7) is 4.40. The summed E-state index contributed by atoms with van der Waals surface area (Å²) in [4.78, 5) is 23.5. The number of urea groups is 1. The monoisotopic (exact) mass is 282 g/mol. The number of carboxylic acids is 1. The number of amides is 2. The zero-order chi connectivity index (χ0) is 14.8. The summed E-state index contributed by atoms with van der Waals surface area (Å²) in [5, 5.41) is 15.1. The second-order valence-corrected chi connectivity index (χ2v) is 6.69. The third-order valence-electron chi connectivity index (χ3n) is 4.97. The zero-order valence-electron chi connectivity index (χ0n) is 12.4. The topological polar surface area (TPSA) is 78.4 Å². The summed E-state index contributed by atoms with van der Waals surface area (Å²) in [7, 11) is 0. The van der Waals surface area contributed by atoms with Gasteiger partial charge in [0.15, 0.2) is 0 Å². The Morgan fingerprint density at radius 2 is 1.80 bits per heavy atom. The molecule has 114 valence electrons. The first kappa shape index (κ1) is 15.1. The summed E-state index contributed by atoms with van der Waals surface area (Å²) in [6, 6.07) is -0.154. The van der Waals surface area contributed by atoms with Crippen LogP contribution in [0.15, 0.2) is 0 Å². The Labute approximate surface area is 120 Å². The van der Waals surface area contributed by atoms with Gasteiger partial charge in [0.2, 0.25) is 0 Å². The molecular formula is C15H26N2O3. The fourth-order valence-electron chi connectivity index (χ4n) is 3.67. The fraction of sp³-hybridized carbons (Fsp3) is 0.867. The minimum atomic E-state index is -1.05. The van der Waals surface area contributed by atoms with Gasteiger partial charge in [0, 0.05) is 6.04 Å². The molecule has 2 aliphatic rings. The number of hydrogen-bond donors (Lipinski definition) is 3. The lowest BCUT2D eigenvalue weighted by Crippen LogP contribution is -2.57. The van der Waals surface area contributed by atoms with Crippen molar-refractivity contribution in [3.05, 3.63) is 0 Å². The van der Waals surface area contributed by atoms with Crippen molar-refractivity contribution >= 4 is 12.0 Å². The Hall–Kier alpha value is -1.26. The first-order chi connectivity index (χ1) is 9.43. The Balaban J connectivity index is 1.90. The van der Waals surface area contributed by atoms with Crippen LogP contribution in [0.3, 0.4) is 0 Å². The number of rotatable bonds is 3. The molecule has 2 aliphatic carbocycles. The first-order valence-electron chi connectivity index (χ1n) is 7.75. The Morgan fingerprint density at radius 1 is 1.15 bits per heavy atom. The third-order valence-corrected chi connectivity index (χ3v) is 4.97. The van der Waals surface area contributed by atoms with Gasteiger partial charge in [0.25, 0.3) is 0 Å². The van der Waals surface area contributed by atoms with Crippen LogP contribution >= 0.6 is 0 Å². The van der Waals surface area contributed by atoms with Gasteiger partial charge >= 0.3 is 12.0 Å². The van der Waals surface area contributed by atoms with Gasteiger partial charge in [-0.3, -0.25) is 0 Å². The highest BCUT2D eigenvalue weighted by atomic mass is 16.4. The normalized spacial score (nSPS) is 32.6. The molecule has 0 aromatic heterocycles. The second kappa shape index (κ2) is 6.02. The predicted molar refractivity (Wildman–Crippen MR) is 76.5 cm³/mol. The van der Waals surface area contributed by atoms with Crippen molar-refractivity contribution in [3.63, 3.8) is 0 Å². The van der Waals surface area contributed by atoms with E-state index >= 15 is 0 Å². The maximum absolute atomic E-state index is 12.1. The zero-order valence-corrected chi connectivity index (χ0v) is 12.4. The molecule has 5 heteroatoms. The molecule has 2 rings (SSSR count). The van der Waals surface area contributed by atoms with Crippen LogP contribution in [-0.2, 0) is 4.79 Å². The predicted octanol–water partition coefficient (Wildman–Crippen LogP) is 2.51. The lowest BCUT2D eigenvalue weighted by molar-refractivity contribution is -0.144. The molecule has 20 heavy (non-hydrogen) atoms. The van der Waals surface area contributed by atoms with E-state index in [1.165, 1.54) is 0 Å². The Bertz CT molecular complexity index is 377. The van der Waals surface area contributed by atoms with Crippen molar-refractivity contribution in [2.75, 3.05) is 0 Å². The van der Waals surface area contributed by atoms with E-state index < -0.39 is 11.5 Å². The van der Waals surface area contributed by atoms with Gasteiger partial charge in [-0.25, -0.2) is 9.59 Å². The van der Waals surface area contributed by atoms with Gasteiger partial charge in [0.05, 0.1) is 0 Å². The summed E-state index contributed by atoms with van der Waals surface area (Å²) in [5.41, 5.74) is -1.05. The maximum atomic E-state index is 12.1. The molecule has 0 aliphatic heterocycles. The highest BCUT2D eigenvalue weighted by Gasteiger charge is 2.43. The smallest absolute Gasteiger partial charge is 0.329 e. The van der Waals surface area contributed by atoms with Crippen LogP contribution in [0.25, 0.3) is 0 Å². The number of carboxylic acid groups (broad SMARTS) is 1. The fourth-order valence-corrected chi connectivity index (χ4v) is 3.67. The van der Waals surface area contributed by atoms with Crippen molar-refractivity contribution < 1.29 is 14.7 Å². The van der Waals surface area contributed by atoms with Crippen molar-refractivity contribution in [2.45, 2.75) is 70.4 Å². The number of nitrogens with one attached hydrogen (secondary N) is 2. The van der Waals surface area contributed by atoms with Gasteiger partial charge in [-0.1, -0.05) is 26.7 Å². The molecule has 2 amide bonds. The van der Waals surface area contributed by atoms with Gasteiger partial charge < -0.3 is 15.7 Å². The van der Waals surface area contributed by atoms with E-state index in [-0.39, 0.29) is 12.1 Å². The molecule has 0 aromatic carbocycles. The average molecular weight is 282 g/mol. The van der Waals surface area contributed by atoms with Crippen LogP contribution in [0, 0.1) is 11.8 Å². The van der Waals surface area contributed by atoms with E-state index in [2.05, 4.69) is 24.5 Å². The van der Waals surface area contributed by atoms with Crippen molar-refractivity contribution in [2.24, 2.45) is 11.8 Å². The molecule has 0 saturated heterocycles. The van der Waals surface area contributed by atoms with E-state index in [1.54, 1.807) is 0 Å². The van der Waals surface area contributed by atoms with Crippen molar-refractivity contribution in [1.82, 2.24) is 10.6 Å². The van der Waals surface area contributed by atoms with Crippen LogP contribution in [0.4, 0.5) is 4.79 Å². The van der Waals surface area contributed by atoms with E-state index in [0.717, 1.165) is 32.1 Å². The Morgan fingerprint density at radius 3 is 2.35 bits per heavy atom. The maximum Gasteiger partial charge on any atom is 0.329 e. The van der Waals surface area contributed by atoms with Gasteiger partial charge in [-0.2, -0.15) is 0 Å². The molecule has 2 fully saturated rings. The minimum Gasteiger partial charge on any atom is -0.480 e. The highest BCUT2D eigenvalue weighted by molar-refractivity contribution is 5.86. The van der Waals surface area contributed by atoms with E-state index in [9.17, 15) is 14.7 Å². The Kier molecular flexibility index (Phi) is 4.55. The quantitative estimate of drug-likeness (QED) is 0.744. The standard InChI is InChI=1S/C15H26N2O3/c1-10-5-6-12(11(2)9-10)16-14(20)17-15(13(18)19)7-3-4-8-15/h10-12H,3-9H2,1-2H3,(H,18,19)(H2,16,17,20). The van der Waals surface area contributed by atoms with Crippen molar-refractivity contribution in [1.29, 1.82) is 0 Å². The highest BCUT2D eigenvalue weighted by Crippen LogP contribution is 2.31. The SMILES string of the molecule is CC1CCC(NC(=O)NC2(C(=O)O)CCCC2)C(C)C1. The molecule has 0 spiro atoms. The van der Waals surface area contributed by atoms with Crippen LogP contribution in [0.5, 0.6) is 0 Å². The molecule has 0 bridgehead atoms. The lowest BCUT2D eigenvalue weighted by Gasteiger charge is -2.34. The molecule has 0 heterocycles. The number of carbonyl (C=O) groups excluding carboxylic acids is 1. The third kappa shape index (κ3) is 3.25. The lowest BCUT2D eigenvalue weighted by atomic mass is 9.80. The van der Waals surface area contributed by atoms with E-state index in [1.807, 2.05) is 0 Å². The van der Waals surface area contributed by atoms with E-state index in [0.29, 0.717) is 24.7 Å². The van der Waals surface area contributed by atoms with Gasteiger partial charge in [-0.15, -0.1) is 0 Å². The first-order valence-corrected chi connectivity index (χ1v) is 7.75. The van der Waals surface area contributed by atoms with Gasteiger partial charge in [0.1, 0.15) is 5.54 Å². The van der Waals surface area contributed by atoms with Crippen molar-refractivity contribution in [3.8, 4) is 0 Å². The van der Waals surface area contributed by atoms with Crippen LogP contribution in [0.1, 0.15) is 58.8 Å². The second-order valence-electron chi connectivity index (χ2n) is 6.69. The van der Waals surface area contributed by atoms with Crippen LogP contribution in [0.2, 0.25) is 0 Å². The molecule has 0 radical (unpaired) electrons. The summed E-state index contributed by atoms with van der Waals surface area (Å²) in [5.74, 6) is 0.260. The summed E-state index contributed by atoms with van der Waals surface area (Å²) >= 11 is 0. The van der Waals surface area contributed by atoms with Crippen LogP contribution < -0.4 is 10.6 Å². The summed E-state index contributed by atoms with van der Waals surface area (Å²) in [6.07, 6.45) is 6.03. The largest absolute Gasteiger partial charge is 0.480 e. The molecule has 2 saturated carbocycles. The molecule has 3 N–H and O–H groups in total. The number of hydrogen-bond acceptors (Lipinski definition) is 2. The van der Waals surface area contributed by atoms with Crippen LogP contribution in [-0.4, -0.2) is 28.7 Å². The number of carbonyl (C=O) groups is 2. The number of aliphatic carboxylic acids is 1. The average Bonchev–Trinajstić information content (AvgIpc) is 2.82.